The number of nitrogens with one attached hydrogen (secondary N) is 3. The van der Waals surface area contributed by atoms with Crippen LogP contribution in [0.4, 0.5) is 0 Å². The monoisotopic (exact) mass is 601 g/mol. The smallest absolute Gasteiger partial charge is 0.251 e. The van der Waals surface area contributed by atoms with Gasteiger partial charge in [-0.15, -0.1) is 0 Å². The second-order valence-electron chi connectivity index (χ2n) is 10.5. The molecule has 1 fully saturated rings. The number of amidine groups is 2. The summed E-state index contributed by atoms with van der Waals surface area (Å²) in [5.74, 6) is -0.639. The van der Waals surface area contributed by atoms with Crippen LogP contribution in [0, 0.1) is 16.7 Å². The van der Waals surface area contributed by atoms with Gasteiger partial charge in [0.1, 0.15) is 23.0 Å². The molecule has 5 N–H and O–H groups in total. The van der Waals surface area contributed by atoms with Crippen LogP contribution in [0.3, 0.4) is 0 Å². The number of amides is 3. The highest BCUT2D eigenvalue weighted by Gasteiger charge is 2.18. The molecule has 0 saturated heterocycles. The number of carbonyl (C=O) groups is 3. The quantitative estimate of drug-likeness (QED) is 0.0903. The van der Waals surface area contributed by atoms with Gasteiger partial charge in [-0.3, -0.25) is 35.6 Å². The average Bonchev–Trinajstić information content (AvgIpc) is 3.03. The lowest BCUT2D eigenvalue weighted by atomic mass is 9.89. The van der Waals surface area contributed by atoms with E-state index in [1.165, 1.54) is 30.7 Å². The van der Waals surface area contributed by atoms with E-state index in [4.69, 9.17) is 20.3 Å². The molecule has 3 aromatic rings. The lowest BCUT2D eigenvalue weighted by Gasteiger charge is -2.21. The topological polar surface area (TPSA) is 176 Å². The second-order valence-corrected chi connectivity index (χ2v) is 10.5. The van der Waals surface area contributed by atoms with E-state index in [9.17, 15) is 24.8 Å². The van der Waals surface area contributed by atoms with Crippen LogP contribution in [0.15, 0.2) is 66.7 Å². The van der Waals surface area contributed by atoms with E-state index in [0.717, 1.165) is 39.5 Å². The Bertz CT molecular complexity index is 1440. The van der Waals surface area contributed by atoms with E-state index >= 15 is 0 Å². The predicted octanol–water partition coefficient (Wildman–Crippen LogP) is 5.71. The molecular weight excluding hydrogens is 566 g/mol. The van der Waals surface area contributed by atoms with Gasteiger partial charge in [0.05, 0.1) is 0 Å². The number of benzene rings is 3. The number of nitrogens with zero attached hydrogens (tertiary/aromatic N) is 2. The molecule has 12 heteroatoms. The molecule has 230 valence electrons. The summed E-state index contributed by atoms with van der Waals surface area (Å²) in [5.41, 5.74) is 0.901. The summed E-state index contributed by atoms with van der Waals surface area (Å²) < 4.78 is 12.0. The van der Waals surface area contributed by atoms with Crippen molar-refractivity contribution in [2.75, 3.05) is 6.54 Å². The minimum Gasteiger partial charge on any atom is -0.457 e. The summed E-state index contributed by atoms with van der Waals surface area (Å²) >= 11 is 0. The molecule has 44 heavy (non-hydrogen) atoms. The van der Waals surface area contributed by atoms with Gasteiger partial charge in [0, 0.05) is 43.1 Å². The van der Waals surface area contributed by atoms with Gasteiger partial charge in [-0.25, -0.2) is 0 Å². The van der Waals surface area contributed by atoms with Crippen molar-refractivity contribution in [2.45, 2.75) is 46.0 Å². The van der Waals surface area contributed by atoms with Crippen LogP contribution in [0.25, 0.3) is 0 Å². The van der Waals surface area contributed by atoms with Gasteiger partial charge in [-0.1, -0.05) is 19.3 Å². The van der Waals surface area contributed by atoms with Crippen molar-refractivity contribution in [3.8, 4) is 23.0 Å². The molecule has 0 heterocycles. The third-order valence-corrected chi connectivity index (χ3v) is 7.17. The number of ether oxygens (including phenoxy) is 2. The van der Waals surface area contributed by atoms with Crippen LogP contribution in [0.5, 0.6) is 23.0 Å². The first kappa shape index (κ1) is 31.9. The first-order chi connectivity index (χ1) is 21.0. The van der Waals surface area contributed by atoms with Gasteiger partial charge in [0.25, 0.3) is 5.91 Å². The van der Waals surface area contributed by atoms with Gasteiger partial charge < -0.3 is 14.8 Å². The highest BCUT2D eigenvalue weighted by atomic mass is 16.5. The molecule has 0 atom stereocenters. The Kier molecular flexibility index (Phi) is 10.4. The zero-order valence-electron chi connectivity index (χ0n) is 24.5. The van der Waals surface area contributed by atoms with E-state index in [1.54, 1.807) is 42.5 Å². The molecule has 0 spiro atoms. The minimum absolute atomic E-state index is 0.243. The molecule has 1 saturated carbocycles. The van der Waals surface area contributed by atoms with Crippen molar-refractivity contribution in [1.82, 2.24) is 15.4 Å². The average molecular weight is 602 g/mol. The first-order valence-corrected chi connectivity index (χ1v) is 14.2. The van der Waals surface area contributed by atoms with Crippen molar-refractivity contribution < 1.29 is 34.3 Å². The Hall–Kier alpha value is -5.07. The lowest BCUT2D eigenvalue weighted by molar-refractivity contribution is -0.147. The maximum Gasteiger partial charge on any atom is 0.251 e. The van der Waals surface area contributed by atoms with E-state index in [1.807, 2.05) is 0 Å². The fraction of sp³-hybridized carbons (Fsp3) is 0.281. The molecule has 0 bridgehead atoms. The van der Waals surface area contributed by atoms with Crippen LogP contribution in [0.1, 0.15) is 67.4 Å². The predicted molar refractivity (Wildman–Crippen MR) is 161 cm³/mol. The second kappa shape index (κ2) is 14.4. The third-order valence-electron chi connectivity index (χ3n) is 7.17. The summed E-state index contributed by atoms with van der Waals surface area (Å²) in [6.07, 6.45) is 5.71. The van der Waals surface area contributed by atoms with Gasteiger partial charge in [-0.2, -0.15) is 10.1 Å². The zero-order chi connectivity index (χ0) is 31.8. The third kappa shape index (κ3) is 8.27. The van der Waals surface area contributed by atoms with Crippen molar-refractivity contribution in [1.29, 1.82) is 10.8 Å². The summed E-state index contributed by atoms with van der Waals surface area (Å²) in [6, 6.07) is 17.1. The molecule has 4 rings (SSSR count). The van der Waals surface area contributed by atoms with Crippen molar-refractivity contribution >= 4 is 29.4 Å². The molecule has 3 amide bonds. The highest BCUT2D eigenvalue weighted by Crippen LogP contribution is 2.31. The molecule has 0 unspecified atom stereocenters. The number of rotatable bonds is 9. The van der Waals surface area contributed by atoms with Gasteiger partial charge in [-0.05, 0) is 79.4 Å². The fourth-order valence-electron chi connectivity index (χ4n) is 4.74. The maximum absolute atomic E-state index is 13.2. The zero-order valence-corrected chi connectivity index (χ0v) is 24.5. The van der Waals surface area contributed by atoms with Gasteiger partial charge in [0.2, 0.25) is 11.8 Å². The Labute approximate surface area is 254 Å². The number of hydrogen-bond donors (Lipinski definition) is 5. The molecule has 12 nitrogen and oxygen atoms in total. The summed E-state index contributed by atoms with van der Waals surface area (Å²) in [6.45, 7) is 2.85. The molecular formula is C32H35N5O7. The molecule has 0 aliphatic heterocycles. The summed E-state index contributed by atoms with van der Waals surface area (Å²) in [5, 5.41) is 38.9. The molecule has 1 aliphatic rings. The van der Waals surface area contributed by atoms with E-state index < -0.39 is 11.8 Å². The summed E-state index contributed by atoms with van der Waals surface area (Å²) in [4.78, 5) is 36.0. The van der Waals surface area contributed by atoms with Crippen molar-refractivity contribution in [2.24, 2.45) is 5.92 Å². The Morgan fingerprint density at radius 2 is 1.14 bits per heavy atom. The molecule has 0 radical (unpaired) electrons. The number of carbonyl (C=O) groups excluding carboxylic acids is 3. The molecule has 1 aliphatic carbocycles. The first-order valence-electron chi connectivity index (χ1n) is 14.2. The van der Waals surface area contributed by atoms with Gasteiger partial charge >= 0.3 is 0 Å². The van der Waals surface area contributed by atoms with Crippen LogP contribution in [0.2, 0.25) is 0 Å². The Morgan fingerprint density at radius 3 is 1.55 bits per heavy atom. The Balaban J connectivity index is 1.55. The van der Waals surface area contributed by atoms with Crippen LogP contribution < -0.4 is 14.8 Å². The highest BCUT2D eigenvalue weighted by molar-refractivity contribution is 6.05. The lowest BCUT2D eigenvalue weighted by Crippen LogP contribution is -2.31. The van der Waals surface area contributed by atoms with Crippen LogP contribution >= 0.6 is 0 Å². The van der Waals surface area contributed by atoms with Crippen LogP contribution in [-0.2, 0) is 9.59 Å². The maximum atomic E-state index is 13.2. The van der Waals surface area contributed by atoms with Crippen LogP contribution in [-0.4, -0.2) is 56.5 Å². The van der Waals surface area contributed by atoms with Crippen molar-refractivity contribution in [3.05, 3.63) is 83.4 Å². The largest absolute Gasteiger partial charge is 0.457 e. The SMILES string of the molecule is CC(=O)N(O)C(=N)c1ccc(Oc2cc(Oc3ccc(C(=N)N(O)C(C)=O)cc3)cc(C(=O)NCC3CCCCC3)c2)cc1. The van der Waals surface area contributed by atoms with E-state index in [-0.39, 0.29) is 27.7 Å². The number of hydrogen-bond acceptors (Lipinski definition) is 9. The van der Waals surface area contributed by atoms with Crippen molar-refractivity contribution in [3.63, 3.8) is 0 Å². The van der Waals surface area contributed by atoms with E-state index in [0.29, 0.717) is 52.2 Å². The fourth-order valence-corrected chi connectivity index (χ4v) is 4.74. The molecule has 3 aromatic carbocycles. The normalized spacial score (nSPS) is 13.0. The number of hydroxylamine groups is 4. The summed E-state index contributed by atoms with van der Waals surface area (Å²) in [7, 11) is 0. The standard InChI is InChI=1S/C32H35N5O7/c1-20(38)36(41)30(33)23-8-12-26(13-9-23)43-28-16-25(32(40)35-19-22-6-4-3-5-7-22)17-29(18-28)44-27-14-10-24(11-15-27)31(34)37(42)21(2)39/h8-18,22,33-34,41-42H,3-7,19H2,1-2H3,(H,35,40). The van der Waals surface area contributed by atoms with Gasteiger partial charge in [0.15, 0.2) is 11.7 Å². The minimum atomic E-state index is -0.694. The molecule has 0 aromatic heterocycles. The Morgan fingerprint density at radius 1 is 0.705 bits per heavy atom. The van der Waals surface area contributed by atoms with E-state index in [2.05, 4.69) is 5.32 Å².